The summed E-state index contributed by atoms with van der Waals surface area (Å²) in [6.07, 6.45) is 0.232. The van der Waals surface area contributed by atoms with Crippen LogP contribution in [0.4, 0.5) is 0 Å². The molecule has 6 rings (SSSR count). The molecule has 0 radical (unpaired) electrons. The Morgan fingerprint density at radius 1 is 1.00 bits per heavy atom. The number of ether oxygens (including phenoxy) is 2. The molecule has 37 heavy (non-hydrogen) atoms. The van der Waals surface area contributed by atoms with Gasteiger partial charge in [0.25, 0.3) is 0 Å². The van der Waals surface area contributed by atoms with Gasteiger partial charge in [-0.2, -0.15) is 0 Å². The molecule has 2 saturated heterocycles. The Bertz CT molecular complexity index is 1040. The van der Waals surface area contributed by atoms with Gasteiger partial charge in [0, 0.05) is 12.8 Å². The predicted molar refractivity (Wildman–Crippen MR) is 129 cm³/mol. The summed E-state index contributed by atoms with van der Waals surface area (Å²) in [5, 5.41) is 54.7. The third kappa shape index (κ3) is 2.91. The van der Waals surface area contributed by atoms with Gasteiger partial charge in [-0.1, -0.05) is 6.92 Å². The Hall–Kier alpha value is -1.10. The van der Waals surface area contributed by atoms with E-state index < -0.39 is 52.1 Å². The lowest BCUT2D eigenvalue weighted by atomic mass is 9.43. The van der Waals surface area contributed by atoms with Crippen LogP contribution in [0.3, 0.4) is 0 Å². The van der Waals surface area contributed by atoms with Crippen LogP contribution in [0.5, 0.6) is 0 Å². The van der Waals surface area contributed by atoms with Crippen LogP contribution in [0.2, 0.25) is 0 Å². The fraction of sp³-hybridized carbons (Fsp3) is 0.929. The second-order valence-electron chi connectivity index (χ2n) is 14.2. The molecule has 0 aromatic carbocycles. The third-order valence-corrected chi connectivity index (χ3v) is 12.6. The van der Waals surface area contributed by atoms with E-state index in [-0.39, 0.29) is 53.8 Å². The molecule has 0 aromatic rings. The Morgan fingerprint density at radius 3 is 2.32 bits per heavy atom. The Balaban J connectivity index is 1.30. The summed E-state index contributed by atoms with van der Waals surface area (Å²) < 4.78 is 11.7. The number of hydrogen-bond donors (Lipinski definition) is 5. The number of aliphatic hydroxyl groups is 5. The van der Waals surface area contributed by atoms with Crippen LogP contribution in [-0.2, 0) is 19.1 Å². The molecule has 0 amide bonds. The molecule has 9 heteroatoms. The van der Waals surface area contributed by atoms with Gasteiger partial charge in [-0.15, -0.1) is 0 Å². The van der Waals surface area contributed by atoms with Gasteiger partial charge in [0.05, 0.1) is 17.6 Å². The van der Waals surface area contributed by atoms with Crippen molar-refractivity contribution >= 4 is 11.8 Å². The van der Waals surface area contributed by atoms with Gasteiger partial charge in [0.1, 0.15) is 34.8 Å². The van der Waals surface area contributed by atoms with E-state index in [1.165, 1.54) is 13.8 Å². The SMILES string of the molecule is CC1(O)C(=O)O[C@H]([C@](C)(O)[C@H]2CC[C@H]3[C@@H]4C[C@H]5O[C@]56[C@@H](O)[C@@H](O)CC(=O)[C@]6(C)[C@H]4CC[C@]23C)C[C@@]1(C)O. The van der Waals surface area contributed by atoms with E-state index in [0.717, 1.165) is 19.3 Å². The second-order valence-corrected chi connectivity index (χ2v) is 14.2. The van der Waals surface area contributed by atoms with Crippen LogP contribution in [0, 0.1) is 34.5 Å². The van der Waals surface area contributed by atoms with E-state index >= 15 is 0 Å². The number of rotatable bonds is 2. The average molecular weight is 523 g/mol. The number of fused-ring (bicyclic) bond motifs is 4. The van der Waals surface area contributed by atoms with Crippen LogP contribution < -0.4 is 0 Å². The first-order chi connectivity index (χ1) is 17.0. The minimum absolute atomic E-state index is 0.0195. The number of Topliss-reactive ketones (excluding diaryl/α,β-unsaturated/α-hetero) is 1. The smallest absolute Gasteiger partial charge is 0.341 e. The molecule has 5 N–H and O–H groups in total. The zero-order chi connectivity index (χ0) is 27.1. The fourth-order valence-corrected chi connectivity index (χ4v) is 10.1. The average Bonchev–Trinajstić information content (AvgIpc) is 3.42. The highest BCUT2D eigenvalue weighted by atomic mass is 16.6. The highest BCUT2D eigenvalue weighted by Gasteiger charge is 2.82. The predicted octanol–water partition coefficient (Wildman–Crippen LogP) is 0.856. The van der Waals surface area contributed by atoms with E-state index in [1.807, 2.05) is 6.92 Å². The van der Waals surface area contributed by atoms with Gasteiger partial charge in [-0.3, -0.25) is 4.79 Å². The molecule has 2 aliphatic heterocycles. The maximum atomic E-state index is 13.5. The van der Waals surface area contributed by atoms with Gasteiger partial charge in [-0.25, -0.2) is 4.79 Å². The lowest BCUT2D eigenvalue weighted by molar-refractivity contribution is -0.251. The number of epoxide rings is 1. The number of carbonyl (C=O) groups excluding carboxylic acids is 2. The van der Waals surface area contributed by atoms with Crippen LogP contribution >= 0.6 is 0 Å². The summed E-state index contributed by atoms with van der Waals surface area (Å²) in [6.45, 7) is 8.45. The van der Waals surface area contributed by atoms with Gasteiger partial charge in [0.2, 0.25) is 0 Å². The van der Waals surface area contributed by atoms with E-state index in [4.69, 9.17) is 9.47 Å². The quantitative estimate of drug-likeness (QED) is 0.262. The molecular weight excluding hydrogens is 480 g/mol. The molecule has 14 atom stereocenters. The molecule has 0 aromatic heterocycles. The summed E-state index contributed by atoms with van der Waals surface area (Å²) >= 11 is 0. The standard InChI is InChI=1S/C28H42O9/c1-23-9-8-15-13(10-19-28(37-19)21(31)16(29)11-18(30)25(15,28)3)14(23)6-7-17(23)26(4,34)20-12-24(2,33)27(5,35)22(32)36-20/h13-17,19-21,29,31,33-35H,6-12H2,1-5H3/t13-,14-,15-,16-,17-,19+,20-,21-,23-,24+,25-,26+,27?,28-/m0/s1. The molecule has 0 bridgehead atoms. The van der Waals surface area contributed by atoms with E-state index in [2.05, 4.69) is 6.92 Å². The monoisotopic (exact) mass is 522 g/mol. The maximum absolute atomic E-state index is 13.5. The third-order valence-electron chi connectivity index (χ3n) is 12.6. The number of hydrogen-bond acceptors (Lipinski definition) is 9. The number of ketones is 1. The summed E-state index contributed by atoms with van der Waals surface area (Å²) in [5.74, 6) is -0.772. The zero-order valence-corrected chi connectivity index (χ0v) is 22.4. The van der Waals surface area contributed by atoms with Crippen LogP contribution in [0.1, 0.15) is 79.6 Å². The topological polar surface area (TPSA) is 157 Å². The molecule has 9 nitrogen and oxygen atoms in total. The number of carbonyl (C=O) groups is 2. The van der Waals surface area contributed by atoms with E-state index in [1.54, 1.807) is 6.92 Å². The molecule has 2 heterocycles. The van der Waals surface area contributed by atoms with Crippen molar-refractivity contribution in [2.75, 3.05) is 0 Å². The van der Waals surface area contributed by atoms with Crippen molar-refractivity contribution in [1.29, 1.82) is 0 Å². The Morgan fingerprint density at radius 2 is 1.68 bits per heavy atom. The molecule has 6 aliphatic rings. The second kappa shape index (κ2) is 7.34. The summed E-state index contributed by atoms with van der Waals surface area (Å²) in [4.78, 5) is 26.1. The number of esters is 1. The normalized spacial score (nSPS) is 60.4. The Labute approximate surface area is 217 Å². The van der Waals surface area contributed by atoms with Gasteiger partial charge >= 0.3 is 5.97 Å². The molecule has 208 valence electrons. The molecule has 6 fully saturated rings. The van der Waals surface area contributed by atoms with Crippen LogP contribution in [0.15, 0.2) is 0 Å². The fourth-order valence-electron chi connectivity index (χ4n) is 10.1. The van der Waals surface area contributed by atoms with Crippen molar-refractivity contribution < 1.29 is 44.6 Å². The maximum Gasteiger partial charge on any atom is 0.341 e. The van der Waals surface area contributed by atoms with Crippen molar-refractivity contribution in [1.82, 2.24) is 0 Å². The van der Waals surface area contributed by atoms with Crippen molar-refractivity contribution in [3.63, 3.8) is 0 Å². The van der Waals surface area contributed by atoms with Crippen LogP contribution in [-0.4, -0.2) is 84.1 Å². The first-order valence-corrected chi connectivity index (χ1v) is 13.9. The van der Waals surface area contributed by atoms with Gasteiger partial charge in [0.15, 0.2) is 5.60 Å². The summed E-state index contributed by atoms with van der Waals surface area (Å²) in [7, 11) is 0. The Kier molecular flexibility index (Phi) is 5.19. The molecule has 1 spiro atoms. The first kappa shape index (κ1) is 26.1. The summed E-state index contributed by atoms with van der Waals surface area (Å²) in [6, 6.07) is 0. The van der Waals surface area contributed by atoms with E-state index in [0.29, 0.717) is 12.8 Å². The molecular formula is C28H42O9. The van der Waals surface area contributed by atoms with Crippen molar-refractivity contribution in [3.05, 3.63) is 0 Å². The van der Waals surface area contributed by atoms with Crippen LogP contribution in [0.25, 0.3) is 0 Å². The zero-order valence-electron chi connectivity index (χ0n) is 22.4. The van der Waals surface area contributed by atoms with Crippen molar-refractivity contribution in [3.8, 4) is 0 Å². The first-order valence-electron chi connectivity index (χ1n) is 13.9. The number of cyclic esters (lactones) is 1. The van der Waals surface area contributed by atoms with Gasteiger partial charge in [-0.05, 0) is 88.9 Å². The summed E-state index contributed by atoms with van der Waals surface area (Å²) in [5.41, 5.74) is -7.37. The minimum Gasteiger partial charge on any atom is -0.457 e. The lowest BCUT2D eigenvalue weighted by Crippen LogP contribution is -2.69. The molecule has 1 unspecified atom stereocenters. The van der Waals surface area contributed by atoms with Crippen molar-refractivity contribution in [2.24, 2.45) is 34.5 Å². The molecule has 4 saturated carbocycles. The molecule has 4 aliphatic carbocycles. The van der Waals surface area contributed by atoms with Crippen molar-refractivity contribution in [2.45, 2.75) is 126 Å². The minimum atomic E-state index is -2.06. The van der Waals surface area contributed by atoms with E-state index in [9.17, 15) is 35.1 Å². The lowest BCUT2D eigenvalue weighted by Gasteiger charge is -2.60. The van der Waals surface area contributed by atoms with Gasteiger partial charge < -0.3 is 35.0 Å². The largest absolute Gasteiger partial charge is 0.457 e. The highest BCUT2D eigenvalue weighted by molar-refractivity contribution is 5.89. The number of aliphatic hydroxyl groups excluding tert-OH is 2. The highest BCUT2D eigenvalue weighted by Crippen LogP contribution is 2.74.